The van der Waals surface area contributed by atoms with E-state index in [1.807, 2.05) is 31.2 Å². The average Bonchev–Trinajstić information content (AvgIpc) is 2.93. The van der Waals surface area contributed by atoms with Gasteiger partial charge in [0.1, 0.15) is 0 Å². The number of nitrogens with two attached hydrogens (primary N) is 3. The highest BCUT2D eigenvalue weighted by molar-refractivity contribution is 6.09. The van der Waals surface area contributed by atoms with Crippen LogP contribution in [0, 0.1) is 0 Å². The molecule has 168 valence electrons. The Kier molecular flexibility index (Phi) is 7.17. The molecule has 0 amide bonds. The first-order chi connectivity index (χ1) is 15.4. The molecule has 1 heterocycles. The van der Waals surface area contributed by atoms with Gasteiger partial charge in [-0.15, -0.1) is 0 Å². The number of esters is 1. The van der Waals surface area contributed by atoms with Crippen LogP contribution in [0.1, 0.15) is 46.4 Å². The summed E-state index contributed by atoms with van der Waals surface area (Å²) in [5.41, 5.74) is 18.5. The fourth-order valence-corrected chi connectivity index (χ4v) is 3.93. The summed E-state index contributed by atoms with van der Waals surface area (Å²) in [5.74, 6) is 5.97. The molecule has 2 aromatic rings. The third kappa shape index (κ3) is 4.76. The summed E-state index contributed by atoms with van der Waals surface area (Å²) in [6, 6.07) is 13.2. The normalized spacial score (nSPS) is 18.2. The van der Waals surface area contributed by atoms with E-state index in [4.69, 9.17) is 22.0 Å². The number of hydrogen-bond donors (Lipinski definition) is 4. The molecule has 32 heavy (non-hydrogen) atoms. The maximum atomic E-state index is 12.0. The first-order valence-electron chi connectivity index (χ1n) is 10.3. The molecule has 0 spiro atoms. The molecule has 0 saturated heterocycles. The van der Waals surface area contributed by atoms with E-state index in [1.54, 1.807) is 30.4 Å². The highest BCUT2D eigenvalue weighted by Crippen LogP contribution is 2.36. The third-order valence-corrected chi connectivity index (χ3v) is 5.41. The van der Waals surface area contributed by atoms with Gasteiger partial charge < -0.3 is 26.5 Å². The van der Waals surface area contributed by atoms with E-state index in [0.29, 0.717) is 17.8 Å². The Hall–Kier alpha value is -3.78. The molecule has 0 radical (unpaired) electrons. The lowest BCUT2D eigenvalue weighted by Gasteiger charge is -2.22. The van der Waals surface area contributed by atoms with Crippen molar-refractivity contribution in [1.29, 1.82) is 0 Å². The number of benzene rings is 2. The maximum Gasteiger partial charge on any atom is 0.337 e. The van der Waals surface area contributed by atoms with Crippen LogP contribution in [0.4, 0.5) is 5.69 Å². The third-order valence-electron chi connectivity index (χ3n) is 5.41. The Balaban J connectivity index is 2.11. The molecule has 1 atom stereocenters. The monoisotopic (exact) mass is 434 g/mol. The van der Waals surface area contributed by atoms with E-state index in [2.05, 4.69) is 16.4 Å². The van der Waals surface area contributed by atoms with E-state index < -0.39 is 0 Å². The second-order valence-corrected chi connectivity index (χ2v) is 7.59. The largest absolute Gasteiger partial charge is 0.465 e. The molecule has 7 N–H and O–H groups in total. The molecule has 0 aliphatic carbocycles. The summed E-state index contributed by atoms with van der Waals surface area (Å²) >= 11 is 0. The summed E-state index contributed by atoms with van der Waals surface area (Å²) in [4.78, 5) is 16.1. The molecular weight excluding hydrogens is 404 g/mol. The van der Waals surface area contributed by atoms with Crippen molar-refractivity contribution in [3.05, 3.63) is 76.6 Å². The molecule has 1 unspecified atom stereocenters. The van der Waals surface area contributed by atoms with Crippen molar-refractivity contribution in [2.24, 2.45) is 22.3 Å². The van der Waals surface area contributed by atoms with Crippen molar-refractivity contribution in [1.82, 2.24) is 5.01 Å². The Labute approximate surface area is 188 Å². The standard InChI is InChI=1S/C24H30N6O2/c1-15(26)23-20-8-7-16(18(13-25)14-28-2)12-21(20)22(9-10-30(23)27)29-19-6-4-5-17(11-19)24(31)32-3/h4-8,11-14,22,29H,9-10,25-27H2,1-3H3/b18-13?,23-15-,28-14?. The molecule has 0 saturated carbocycles. The van der Waals surface area contributed by atoms with Gasteiger partial charge in [0, 0.05) is 48.5 Å². The number of nitrogens with one attached hydrogen (secondary N) is 1. The van der Waals surface area contributed by atoms with E-state index >= 15 is 0 Å². The lowest BCUT2D eigenvalue weighted by Crippen LogP contribution is -2.31. The van der Waals surface area contributed by atoms with Crippen LogP contribution >= 0.6 is 0 Å². The van der Waals surface area contributed by atoms with Gasteiger partial charge in [0.15, 0.2) is 0 Å². The van der Waals surface area contributed by atoms with Crippen LogP contribution in [0.15, 0.2) is 59.4 Å². The zero-order valence-corrected chi connectivity index (χ0v) is 18.6. The molecule has 8 nitrogen and oxygen atoms in total. The van der Waals surface area contributed by atoms with E-state index in [9.17, 15) is 4.79 Å². The topological polar surface area (TPSA) is 132 Å². The number of hydrogen-bond acceptors (Lipinski definition) is 8. The minimum absolute atomic E-state index is 0.0849. The number of carbonyl (C=O) groups excluding carboxylic acids is 1. The SMILES string of the molecule is CN=CC(=CN)c1ccc2c(c1)C(Nc1cccc(C(=O)OC)c1)CCN(N)/C2=C(/C)N. The summed E-state index contributed by atoms with van der Waals surface area (Å²) in [6.07, 6.45) is 3.98. The lowest BCUT2D eigenvalue weighted by molar-refractivity contribution is 0.0601. The minimum atomic E-state index is -0.383. The molecule has 2 aromatic carbocycles. The van der Waals surface area contributed by atoms with Gasteiger partial charge in [-0.1, -0.05) is 18.2 Å². The molecule has 1 aliphatic rings. The van der Waals surface area contributed by atoms with E-state index in [-0.39, 0.29) is 12.0 Å². The zero-order chi connectivity index (χ0) is 23.3. The summed E-state index contributed by atoms with van der Waals surface area (Å²) in [5, 5.41) is 5.24. The fourth-order valence-electron chi connectivity index (χ4n) is 3.93. The number of carbonyl (C=O) groups is 1. The molecule has 0 bridgehead atoms. The van der Waals surface area contributed by atoms with Gasteiger partial charge in [0.2, 0.25) is 0 Å². The molecule has 0 aromatic heterocycles. The van der Waals surface area contributed by atoms with E-state index in [0.717, 1.165) is 40.1 Å². The van der Waals surface area contributed by atoms with Crippen molar-refractivity contribution in [2.45, 2.75) is 19.4 Å². The van der Waals surface area contributed by atoms with Crippen LogP contribution in [-0.2, 0) is 4.74 Å². The van der Waals surface area contributed by atoms with Crippen LogP contribution in [0.5, 0.6) is 0 Å². The lowest BCUT2D eigenvalue weighted by atomic mass is 9.92. The summed E-state index contributed by atoms with van der Waals surface area (Å²) in [6.45, 7) is 2.44. The van der Waals surface area contributed by atoms with Crippen LogP contribution in [-0.4, -0.2) is 37.9 Å². The second kappa shape index (κ2) is 10.0. The van der Waals surface area contributed by atoms with Crippen molar-refractivity contribution >= 4 is 29.1 Å². The smallest absolute Gasteiger partial charge is 0.337 e. The number of ether oxygens (including phenoxy) is 1. The Morgan fingerprint density at radius 3 is 2.69 bits per heavy atom. The molecule has 0 fully saturated rings. The number of aliphatic imine (C=N–C) groups is 1. The van der Waals surface area contributed by atoms with Crippen molar-refractivity contribution in [3.63, 3.8) is 0 Å². The van der Waals surface area contributed by atoms with Gasteiger partial charge in [0.25, 0.3) is 0 Å². The number of rotatable bonds is 5. The van der Waals surface area contributed by atoms with Crippen LogP contribution in [0.3, 0.4) is 0 Å². The first-order valence-corrected chi connectivity index (χ1v) is 10.3. The van der Waals surface area contributed by atoms with E-state index in [1.165, 1.54) is 13.3 Å². The van der Waals surface area contributed by atoms with Crippen molar-refractivity contribution < 1.29 is 9.53 Å². The number of nitrogens with zero attached hydrogens (tertiary/aromatic N) is 2. The van der Waals surface area contributed by atoms with Crippen LogP contribution in [0.2, 0.25) is 0 Å². The number of methoxy groups -OCH3 is 1. The van der Waals surface area contributed by atoms with Gasteiger partial charge in [-0.25, -0.2) is 10.6 Å². The van der Waals surface area contributed by atoms with Gasteiger partial charge >= 0.3 is 5.97 Å². The molecule has 1 aliphatic heterocycles. The van der Waals surface area contributed by atoms with Gasteiger partial charge in [-0.2, -0.15) is 0 Å². The molecule has 3 rings (SSSR count). The Bertz CT molecular complexity index is 1090. The Morgan fingerprint density at radius 2 is 2.03 bits per heavy atom. The van der Waals surface area contributed by atoms with Gasteiger partial charge in [-0.3, -0.25) is 4.99 Å². The Morgan fingerprint density at radius 1 is 1.25 bits per heavy atom. The number of hydrazine groups is 1. The quantitative estimate of drug-likeness (QED) is 0.323. The van der Waals surface area contributed by atoms with Crippen LogP contribution in [0.25, 0.3) is 11.3 Å². The number of anilines is 1. The second-order valence-electron chi connectivity index (χ2n) is 7.59. The average molecular weight is 435 g/mol. The summed E-state index contributed by atoms with van der Waals surface area (Å²) in [7, 11) is 3.07. The van der Waals surface area contributed by atoms with Gasteiger partial charge in [0.05, 0.1) is 24.4 Å². The molecular formula is C24H30N6O2. The van der Waals surface area contributed by atoms with Crippen molar-refractivity contribution in [3.8, 4) is 0 Å². The van der Waals surface area contributed by atoms with Crippen LogP contribution < -0.4 is 22.6 Å². The number of fused-ring (bicyclic) bond motifs is 1. The predicted octanol–water partition coefficient (Wildman–Crippen LogP) is 2.85. The van der Waals surface area contributed by atoms with Gasteiger partial charge in [-0.05, 0) is 48.7 Å². The molecule has 8 heteroatoms. The zero-order valence-electron chi connectivity index (χ0n) is 18.6. The fraction of sp³-hybridized carbons (Fsp3) is 0.250. The first kappa shape index (κ1) is 22.9. The van der Waals surface area contributed by atoms with Crippen molar-refractivity contribution in [2.75, 3.05) is 26.0 Å². The predicted molar refractivity (Wildman–Crippen MR) is 129 cm³/mol. The summed E-state index contributed by atoms with van der Waals surface area (Å²) < 4.78 is 4.85. The minimum Gasteiger partial charge on any atom is -0.465 e. The number of allylic oxidation sites excluding steroid dienone is 2. The highest BCUT2D eigenvalue weighted by Gasteiger charge is 2.26. The maximum absolute atomic E-state index is 12.0. The highest BCUT2D eigenvalue weighted by atomic mass is 16.5.